The summed E-state index contributed by atoms with van der Waals surface area (Å²) in [7, 11) is 0. The lowest BCUT2D eigenvalue weighted by Crippen LogP contribution is -2.25. The topological polar surface area (TPSA) is 90.7 Å². The number of anilines is 2. The maximum absolute atomic E-state index is 12.2. The number of benzene rings is 2. The van der Waals surface area contributed by atoms with Gasteiger partial charge in [-0.25, -0.2) is 9.97 Å². The monoisotopic (exact) mass is 357 g/mol. The zero-order chi connectivity index (χ0) is 18.9. The van der Waals surface area contributed by atoms with Crippen LogP contribution in [0.15, 0.2) is 67.0 Å². The summed E-state index contributed by atoms with van der Waals surface area (Å²) in [5.41, 5.74) is 3.03. The maximum atomic E-state index is 12.2. The van der Waals surface area contributed by atoms with Gasteiger partial charge >= 0.3 is 0 Å². The maximum Gasteiger partial charge on any atom is 0.254 e. The molecule has 2 N–H and O–H groups in total. The fourth-order valence-electron chi connectivity index (χ4n) is 2.51. The van der Waals surface area contributed by atoms with Crippen LogP contribution >= 0.6 is 0 Å². The summed E-state index contributed by atoms with van der Waals surface area (Å²) >= 11 is 0. The van der Waals surface area contributed by atoms with E-state index >= 15 is 0 Å². The minimum atomic E-state index is -0.187. The van der Waals surface area contributed by atoms with Crippen molar-refractivity contribution in [1.29, 1.82) is 5.26 Å². The summed E-state index contributed by atoms with van der Waals surface area (Å²) in [6.45, 7) is 0.596. The molecule has 0 aliphatic rings. The predicted molar refractivity (Wildman–Crippen MR) is 104 cm³/mol. The number of amides is 1. The summed E-state index contributed by atoms with van der Waals surface area (Å²) < 4.78 is 0. The molecule has 0 radical (unpaired) electrons. The molecule has 1 amide bonds. The summed E-state index contributed by atoms with van der Waals surface area (Å²) in [6.07, 6.45) is 4.77. The normalized spacial score (nSPS) is 10.0. The summed E-state index contributed by atoms with van der Waals surface area (Å²) in [4.78, 5) is 20.5. The van der Waals surface area contributed by atoms with Crippen LogP contribution in [-0.4, -0.2) is 22.4 Å². The molecule has 0 saturated carbocycles. The Hall–Kier alpha value is -3.72. The third-order valence-corrected chi connectivity index (χ3v) is 3.95. The number of aryl methyl sites for hydroxylation is 1. The van der Waals surface area contributed by atoms with Crippen molar-refractivity contribution >= 4 is 17.5 Å². The van der Waals surface area contributed by atoms with Gasteiger partial charge in [-0.05, 0) is 42.7 Å². The molecule has 0 fully saturated rings. The Morgan fingerprint density at radius 3 is 2.37 bits per heavy atom. The van der Waals surface area contributed by atoms with Crippen LogP contribution in [0.1, 0.15) is 27.9 Å². The number of rotatable bonds is 7. The molecule has 0 aliphatic heterocycles. The molecule has 1 heterocycles. The first-order valence-electron chi connectivity index (χ1n) is 8.66. The van der Waals surface area contributed by atoms with Gasteiger partial charge in [0.05, 0.1) is 17.2 Å². The van der Waals surface area contributed by atoms with Gasteiger partial charge in [-0.2, -0.15) is 5.26 Å². The molecular formula is C21H19N5O. The molecule has 6 heteroatoms. The van der Waals surface area contributed by atoms with Crippen molar-refractivity contribution in [2.45, 2.75) is 12.8 Å². The molecule has 3 rings (SSSR count). The smallest absolute Gasteiger partial charge is 0.254 e. The van der Waals surface area contributed by atoms with Crippen LogP contribution < -0.4 is 10.6 Å². The Labute approximate surface area is 157 Å². The molecule has 0 atom stereocenters. The molecule has 134 valence electrons. The van der Waals surface area contributed by atoms with E-state index in [0.29, 0.717) is 23.6 Å². The van der Waals surface area contributed by atoms with Gasteiger partial charge < -0.3 is 10.6 Å². The zero-order valence-corrected chi connectivity index (χ0v) is 14.7. The predicted octanol–water partition coefficient (Wildman–Crippen LogP) is 3.45. The number of carbonyl (C=O) groups excluding carboxylic acids is 1. The number of carbonyl (C=O) groups is 1. The van der Waals surface area contributed by atoms with Gasteiger partial charge in [0.2, 0.25) is 5.95 Å². The first-order valence-corrected chi connectivity index (χ1v) is 8.66. The average molecular weight is 357 g/mol. The van der Waals surface area contributed by atoms with E-state index in [1.807, 2.05) is 18.2 Å². The largest absolute Gasteiger partial charge is 0.352 e. The van der Waals surface area contributed by atoms with Gasteiger partial charge in [-0.15, -0.1) is 0 Å². The Morgan fingerprint density at radius 2 is 1.70 bits per heavy atom. The molecule has 0 bridgehead atoms. The first-order chi connectivity index (χ1) is 13.2. The second-order valence-corrected chi connectivity index (χ2v) is 5.95. The molecule has 3 aromatic rings. The van der Waals surface area contributed by atoms with E-state index in [2.05, 4.69) is 38.8 Å². The fraction of sp³-hybridized carbons (Fsp3) is 0.143. The first kappa shape index (κ1) is 18.1. The van der Waals surface area contributed by atoms with Crippen LogP contribution in [-0.2, 0) is 6.42 Å². The minimum Gasteiger partial charge on any atom is -0.352 e. The fourth-order valence-corrected chi connectivity index (χ4v) is 2.51. The van der Waals surface area contributed by atoms with Crippen LogP contribution in [0, 0.1) is 11.3 Å². The Morgan fingerprint density at radius 1 is 1.00 bits per heavy atom. The van der Waals surface area contributed by atoms with Crippen LogP contribution in [0.2, 0.25) is 0 Å². The third-order valence-electron chi connectivity index (χ3n) is 3.95. The summed E-state index contributed by atoms with van der Waals surface area (Å²) in [5.74, 6) is 0.202. The van der Waals surface area contributed by atoms with Crippen molar-refractivity contribution < 1.29 is 4.79 Å². The molecule has 0 saturated heterocycles. The number of hydrogen-bond acceptors (Lipinski definition) is 5. The van der Waals surface area contributed by atoms with Crippen molar-refractivity contribution in [2.75, 3.05) is 11.9 Å². The van der Waals surface area contributed by atoms with Gasteiger partial charge in [-0.1, -0.05) is 30.3 Å². The second-order valence-electron chi connectivity index (χ2n) is 5.95. The highest BCUT2D eigenvalue weighted by atomic mass is 16.1. The highest BCUT2D eigenvalue weighted by Crippen LogP contribution is 2.13. The van der Waals surface area contributed by atoms with E-state index in [-0.39, 0.29) is 5.91 Å². The number of nitrogens with zero attached hydrogens (tertiary/aromatic N) is 3. The van der Waals surface area contributed by atoms with Gasteiger partial charge in [0, 0.05) is 24.6 Å². The van der Waals surface area contributed by atoms with E-state index in [4.69, 9.17) is 5.26 Å². The molecule has 6 nitrogen and oxygen atoms in total. The molecule has 0 spiro atoms. The van der Waals surface area contributed by atoms with E-state index < -0.39 is 0 Å². The molecule has 27 heavy (non-hydrogen) atoms. The quantitative estimate of drug-likeness (QED) is 0.632. The second kappa shape index (κ2) is 9.11. The number of nitrogens with one attached hydrogen (secondary N) is 2. The third kappa shape index (κ3) is 5.38. The lowest BCUT2D eigenvalue weighted by Gasteiger charge is -2.07. The highest BCUT2D eigenvalue weighted by Gasteiger charge is 2.07. The number of aromatic nitrogens is 2. The summed E-state index contributed by atoms with van der Waals surface area (Å²) in [5, 5.41) is 14.7. The van der Waals surface area contributed by atoms with Crippen molar-refractivity contribution in [2.24, 2.45) is 0 Å². The van der Waals surface area contributed by atoms with Crippen molar-refractivity contribution in [3.8, 4) is 6.07 Å². The van der Waals surface area contributed by atoms with Gasteiger partial charge in [0.15, 0.2) is 0 Å². The molecule has 2 aromatic carbocycles. The zero-order valence-electron chi connectivity index (χ0n) is 14.7. The SMILES string of the molecule is N#Cc1ccc(Nc2ncc(C(=O)NCCCc3ccccc3)cn2)cc1. The van der Waals surface area contributed by atoms with Gasteiger partial charge in [0.25, 0.3) is 5.91 Å². The van der Waals surface area contributed by atoms with Crippen molar-refractivity contribution in [3.63, 3.8) is 0 Å². The lowest BCUT2D eigenvalue weighted by molar-refractivity contribution is 0.0952. The van der Waals surface area contributed by atoms with Crippen LogP contribution in [0.3, 0.4) is 0 Å². The van der Waals surface area contributed by atoms with E-state index in [9.17, 15) is 4.79 Å². The van der Waals surface area contributed by atoms with E-state index in [1.165, 1.54) is 18.0 Å². The highest BCUT2D eigenvalue weighted by molar-refractivity contribution is 5.93. The van der Waals surface area contributed by atoms with E-state index in [1.54, 1.807) is 24.3 Å². The van der Waals surface area contributed by atoms with Crippen LogP contribution in [0.4, 0.5) is 11.6 Å². The van der Waals surface area contributed by atoms with Crippen LogP contribution in [0.25, 0.3) is 0 Å². The Balaban J connectivity index is 1.47. The number of hydrogen-bond donors (Lipinski definition) is 2. The van der Waals surface area contributed by atoms with Crippen molar-refractivity contribution in [3.05, 3.63) is 83.7 Å². The average Bonchev–Trinajstić information content (AvgIpc) is 2.73. The Kier molecular flexibility index (Phi) is 6.10. The lowest BCUT2D eigenvalue weighted by atomic mass is 10.1. The van der Waals surface area contributed by atoms with Crippen molar-refractivity contribution in [1.82, 2.24) is 15.3 Å². The van der Waals surface area contributed by atoms with Crippen LogP contribution in [0.5, 0.6) is 0 Å². The van der Waals surface area contributed by atoms with Gasteiger partial charge in [0.1, 0.15) is 0 Å². The molecule has 0 aliphatic carbocycles. The number of nitriles is 1. The Bertz CT molecular complexity index is 916. The molecule has 0 unspecified atom stereocenters. The standard InChI is InChI=1S/C21H19N5O/c22-13-17-8-10-19(11-9-17)26-21-24-14-18(15-25-21)20(27)23-12-4-7-16-5-2-1-3-6-16/h1-3,5-6,8-11,14-15H,4,7,12H2,(H,23,27)(H,24,25,26). The van der Waals surface area contributed by atoms with E-state index in [0.717, 1.165) is 18.5 Å². The molecular weight excluding hydrogens is 338 g/mol. The van der Waals surface area contributed by atoms with Gasteiger partial charge in [-0.3, -0.25) is 4.79 Å². The minimum absolute atomic E-state index is 0.187. The summed E-state index contributed by atoms with van der Waals surface area (Å²) in [6, 6.07) is 19.2. The molecule has 1 aromatic heterocycles.